The van der Waals surface area contributed by atoms with E-state index in [4.69, 9.17) is 5.73 Å². The number of nitrogen functional groups attached to an aromatic ring is 1. The number of carbonyl (C=O) groups excluding carboxylic acids is 1. The molecule has 0 fully saturated rings. The van der Waals surface area contributed by atoms with E-state index in [-0.39, 0.29) is 11.4 Å². The van der Waals surface area contributed by atoms with E-state index in [1.54, 1.807) is 13.0 Å². The van der Waals surface area contributed by atoms with E-state index in [1.807, 2.05) is 0 Å². The third-order valence-corrected chi connectivity index (χ3v) is 1.84. The van der Waals surface area contributed by atoms with Crippen LogP contribution in [0.3, 0.4) is 0 Å². The summed E-state index contributed by atoms with van der Waals surface area (Å²) in [5.74, 6) is -1.12. The molecule has 16 heavy (non-hydrogen) atoms. The molecule has 3 nitrogen and oxygen atoms in total. The normalized spacial score (nSPS) is 11.2. The van der Waals surface area contributed by atoms with Gasteiger partial charge in [-0.05, 0) is 24.6 Å². The molecule has 0 radical (unpaired) electrons. The van der Waals surface area contributed by atoms with Crippen LogP contribution in [-0.4, -0.2) is 12.1 Å². The zero-order valence-electron chi connectivity index (χ0n) is 8.56. The number of nitrogens with two attached hydrogens (primary N) is 1. The van der Waals surface area contributed by atoms with Gasteiger partial charge < -0.3 is 11.1 Å². The van der Waals surface area contributed by atoms with E-state index in [9.17, 15) is 18.0 Å². The highest BCUT2D eigenvalue weighted by Gasteiger charge is 2.31. The van der Waals surface area contributed by atoms with Crippen molar-refractivity contribution in [1.29, 1.82) is 0 Å². The van der Waals surface area contributed by atoms with Crippen molar-refractivity contribution >= 4 is 17.3 Å². The fourth-order valence-electron chi connectivity index (χ4n) is 1.15. The number of carbonyl (C=O) groups is 1. The van der Waals surface area contributed by atoms with Crippen molar-refractivity contribution in [2.24, 2.45) is 0 Å². The minimum Gasteiger partial charge on any atom is -0.397 e. The number of aryl methyl sites for hydroxylation is 1. The third kappa shape index (κ3) is 3.80. The molecule has 0 aromatic heterocycles. The molecular weight excluding hydrogens is 221 g/mol. The molecule has 0 aliphatic carbocycles. The highest BCUT2D eigenvalue weighted by molar-refractivity contribution is 5.94. The number of anilines is 2. The Bertz CT molecular complexity index is 402. The fourth-order valence-corrected chi connectivity index (χ4v) is 1.15. The SMILES string of the molecule is Cc1ccc(N)c(NC(=O)CC(F)(F)F)c1. The molecular formula is C10H11F3N2O. The fraction of sp³-hybridized carbons (Fsp3) is 0.300. The van der Waals surface area contributed by atoms with Gasteiger partial charge in [0.25, 0.3) is 0 Å². The van der Waals surface area contributed by atoms with Gasteiger partial charge in [-0.2, -0.15) is 13.2 Å². The second kappa shape index (κ2) is 4.42. The van der Waals surface area contributed by atoms with Crippen molar-refractivity contribution in [3.8, 4) is 0 Å². The zero-order valence-corrected chi connectivity index (χ0v) is 8.56. The van der Waals surface area contributed by atoms with Gasteiger partial charge in [0, 0.05) is 0 Å². The van der Waals surface area contributed by atoms with Crippen LogP contribution in [0.5, 0.6) is 0 Å². The van der Waals surface area contributed by atoms with Crippen LogP contribution < -0.4 is 11.1 Å². The van der Waals surface area contributed by atoms with E-state index in [1.165, 1.54) is 12.1 Å². The molecule has 3 N–H and O–H groups in total. The summed E-state index contributed by atoms with van der Waals surface area (Å²) in [5, 5.41) is 2.12. The third-order valence-electron chi connectivity index (χ3n) is 1.84. The van der Waals surface area contributed by atoms with Gasteiger partial charge in [0.1, 0.15) is 6.42 Å². The van der Waals surface area contributed by atoms with Crippen LogP contribution in [0.2, 0.25) is 0 Å². The molecule has 0 unspecified atom stereocenters. The molecule has 0 saturated heterocycles. The molecule has 6 heteroatoms. The first-order valence-corrected chi connectivity index (χ1v) is 4.50. The van der Waals surface area contributed by atoms with Crippen LogP contribution in [0, 0.1) is 6.92 Å². The maximum Gasteiger partial charge on any atom is 0.397 e. The Kier molecular flexibility index (Phi) is 3.41. The van der Waals surface area contributed by atoms with Crippen LogP contribution >= 0.6 is 0 Å². The Balaban J connectivity index is 2.73. The molecule has 0 aliphatic heterocycles. The lowest BCUT2D eigenvalue weighted by atomic mass is 10.2. The molecule has 1 aromatic carbocycles. The monoisotopic (exact) mass is 232 g/mol. The Morgan fingerprint density at radius 1 is 1.44 bits per heavy atom. The van der Waals surface area contributed by atoms with E-state index in [0.717, 1.165) is 5.56 Å². The quantitative estimate of drug-likeness (QED) is 0.769. The molecule has 0 aliphatic rings. The number of nitrogens with one attached hydrogen (secondary N) is 1. The summed E-state index contributed by atoms with van der Waals surface area (Å²) in [5.41, 5.74) is 6.75. The second-order valence-electron chi connectivity index (χ2n) is 3.43. The smallest absolute Gasteiger partial charge is 0.397 e. The maximum absolute atomic E-state index is 11.9. The number of hydrogen-bond acceptors (Lipinski definition) is 2. The highest BCUT2D eigenvalue weighted by atomic mass is 19.4. The summed E-state index contributed by atoms with van der Waals surface area (Å²) in [6.07, 6.45) is -6.02. The van der Waals surface area contributed by atoms with Gasteiger partial charge in [0.05, 0.1) is 11.4 Å². The van der Waals surface area contributed by atoms with Crippen LogP contribution in [0.1, 0.15) is 12.0 Å². The van der Waals surface area contributed by atoms with Gasteiger partial charge in [0.15, 0.2) is 0 Å². The van der Waals surface area contributed by atoms with Crippen molar-refractivity contribution in [2.45, 2.75) is 19.5 Å². The first kappa shape index (κ1) is 12.4. The van der Waals surface area contributed by atoms with Crippen molar-refractivity contribution < 1.29 is 18.0 Å². The lowest BCUT2D eigenvalue weighted by Crippen LogP contribution is -2.21. The van der Waals surface area contributed by atoms with Crippen LogP contribution in [0.4, 0.5) is 24.5 Å². The molecule has 0 saturated carbocycles. The highest BCUT2D eigenvalue weighted by Crippen LogP contribution is 2.23. The Morgan fingerprint density at radius 2 is 2.06 bits per heavy atom. The predicted molar refractivity (Wildman–Crippen MR) is 54.9 cm³/mol. The average Bonchev–Trinajstić information content (AvgIpc) is 2.08. The van der Waals surface area contributed by atoms with E-state index >= 15 is 0 Å². The van der Waals surface area contributed by atoms with E-state index in [2.05, 4.69) is 5.32 Å². The molecule has 88 valence electrons. The predicted octanol–water partition coefficient (Wildman–Crippen LogP) is 2.47. The topological polar surface area (TPSA) is 55.1 Å². The van der Waals surface area contributed by atoms with Gasteiger partial charge >= 0.3 is 6.18 Å². The van der Waals surface area contributed by atoms with Crippen LogP contribution in [0.25, 0.3) is 0 Å². The second-order valence-corrected chi connectivity index (χ2v) is 3.43. The van der Waals surface area contributed by atoms with Gasteiger partial charge in [-0.15, -0.1) is 0 Å². The maximum atomic E-state index is 11.9. The number of alkyl halides is 3. The molecule has 0 spiro atoms. The van der Waals surface area contributed by atoms with Crippen molar-refractivity contribution in [2.75, 3.05) is 11.1 Å². The first-order chi connectivity index (χ1) is 7.28. The van der Waals surface area contributed by atoms with Crippen molar-refractivity contribution in [3.05, 3.63) is 23.8 Å². The van der Waals surface area contributed by atoms with Crippen molar-refractivity contribution in [3.63, 3.8) is 0 Å². The number of hydrogen-bond donors (Lipinski definition) is 2. The summed E-state index contributed by atoms with van der Waals surface area (Å²) in [4.78, 5) is 11.0. The summed E-state index contributed by atoms with van der Waals surface area (Å²) >= 11 is 0. The average molecular weight is 232 g/mol. The van der Waals surface area contributed by atoms with Crippen LogP contribution in [0.15, 0.2) is 18.2 Å². The largest absolute Gasteiger partial charge is 0.397 e. The summed E-state index contributed by atoms with van der Waals surface area (Å²) in [7, 11) is 0. The first-order valence-electron chi connectivity index (χ1n) is 4.50. The molecule has 0 atom stereocenters. The molecule has 0 heterocycles. The molecule has 1 aromatic rings. The number of rotatable bonds is 2. The van der Waals surface area contributed by atoms with Crippen molar-refractivity contribution in [1.82, 2.24) is 0 Å². The Labute approximate surface area is 90.4 Å². The Hall–Kier alpha value is -1.72. The minimum atomic E-state index is -4.51. The van der Waals surface area contributed by atoms with Gasteiger partial charge in [0.2, 0.25) is 5.91 Å². The number of halogens is 3. The molecule has 1 amide bonds. The summed E-state index contributed by atoms with van der Waals surface area (Å²) in [6, 6.07) is 4.75. The lowest BCUT2D eigenvalue weighted by molar-refractivity contribution is -0.150. The van der Waals surface area contributed by atoms with Gasteiger partial charge in [-0.1, -0.05) is 6.07 Å². The Morgan fingerprint density at radius 3 is 2.62 bits per heavy atom. The van der Waals surface area contributed by atoms with Gasteiger partial charge in [-0.3, -0.25) is 4.79 Å². The van der Waals surface area contributed by atoms with Crippen LogP contribution in [-0.2, 0) is 4.79 Å². The molecule has 1 rings (SSSR count). The van der Waals surface area contributed by atoms with Gasteiger partial charge in [-0.25, -0.2) is 0 Å². The number of amides is 1. The molecule has 0 bridgehead atoms. The number of benzene rings is 1. The van der Waals surface area contributed by atoms with E-state index in [0.29, 0.717) is 0 Å². The van der Waals surface area contributed by atoms with E-state index < -0.39 is 18.5 Å². The summed E-state index contributed by atoms with van der Waals surface area (Å²) in [6.45, 7) is 1.75. The standard InChI is InChI=1S/C10H11F3N2O/c1-6-2-3-7(14)8(4-6)15-9(16)5-10(11,12)13/h2-4H,5,14H2,1H3,(H,15,16). The minimum absolute atomic E-state index is 0.203. The summed E-state index contributed by atoms with van der Waals surface area (Å²) < 4.78 is 35.7. The lowest BCUT2D eigenvalue weighted by Gasteiger charge is -2.10. The zero-order chi connectivity index (χ0) is 12.3.